The van der Waals surface area contributed by atoms with Gasteiger partial charge in [-0.1, -0.05) is 23.4 Å². The lowest BCUT2D eigenvalue weighted by Gasteiger charge is -2.13. The third-order valence-electron chi connectivity index (χ3n) is 3.24. The van der Waals surface area contributed by atoms with Gasteiger partial charge in [-0.25, -0.2) is 0 Å². The van der Waals surface area contributed by atoms with Gasteiger partial charge in [-0.3, -0.25) is 10.1 Å². The molecule has 2 heterocycles. The van der Waals surface area contributed by atoms with Crippen LogP contribution in [0.25, 0.3) is 11.5 Å². The molecule has 1 aromatic heterocycles. The molecule has 3 rings (SSSR count). The number of thioether (sulfide) groups is 1. The summed E-state index contributed by atoms with van der Waals surface area (Å²) in [6.07, 6.45) is 0. The van der Waals surface area contributed by atoms with Crippen LogP contribution in [0.3, 0.4) is 0 Å². The van der Waals surface area contributed by atoms with E-state index in [2.05, 4.69) is 20.8 Å². The summed E-state index contributed by atoms with van der Waals surface area (Å²) in [6.45, 7) is 1.85. The molecule has 110 valence electrons. The zero-order valence-corrected chi connectivity index (χ0v) is 12.4. The van der Waals surface area contributed by atoms with E-state index in [1.807, 2.05) is 37.3 Å². The maximum absolute atomic E-state index is 12.0. The summed E-state index contributed by atoms with van der Waals surface area (Å²) in [5.41, 5.74) is 0.864. The van der Waals surface area contributed by atoms with Crippen LogP contribution < -0.4 is 10.6 Å². The van der Waals surface area contributed by atoms with Gasteiger partial charge in [0.25, 0.3) is 5.89 Å². The molecule has 1 amide bonds. The maximum atomic E-state index is 12.0. The molecule has 0 saturated carbocycles. The lowest BCUT2D eigenvalue weighted by Crippen LogP contribution is -2.43. The molecular formula is C14H16N4O2S. The van der Waals surface area contributed by atoms with Crippen molar-refractivity contribution >= 4 is 17.7 Å². The molecule has 1 saturated heterocycles. The van der Waals surface area contributed by atoms with Gasteiger partial charge in [0.15, 0.2) is 5.82 Å². The molecule has 0 spiro atoms. The Morgan fingerprint density at radius 3 is 3.00 bits per heavy atom. The van der Waals surface area contributed by atoms with Gasteiger partial charge in [0.05, 0.1) is 12.1 Å². The Morgan fingerprint density at radius 2 is 2.29 bits per heavy atom. The van der Waals surface area contributed by atoms with E-state index in [1.165, 1.54) is 0 Å². The van der Waals surface area contributed by atoms with Gasteiger partial charge in [0.2, 0.25) is 5.91 Å². The fourth-order valence-corrected chi connectivity index (χ4v) is 2.99. The van der Waals surface area contributed by atoms with Gasteiger partial charge < -0.3 is 9.84 Å². The van der Waals surface area contributed by atoms with E-state index in [4.69, 9.17) is 4.52 Å². The highest BCUT2D eigenvalue weighted by molar-refractivity contribution is 7.99. The van der Waals surface area contributed by atoms with E-state index < -0.39 is 0 Å². The van der Waals surface area contributed by atoms with Crippen molar-refractivity contribution in [1.82, 2.24) is 20.8 Å². The minimum Gasteiger partial charge on any atom is -0.345 e. The molecule has 0 bridgehead atoms. The molecule has 7 heteroatoms. The topological polar surface area (TPSA) is 80.0 Å². The van der Waals surface area contributed by atoms with Crippen LogP contribution in [0, 0.1) is 0 Å². The molecule has 2 N–H and O–H groups in total. The second-order valence-electron chi connectivity index (χ2n) is 4.83. The third kappa shape index (κ3) is 3.25. The van der Waals surface area contributed by atoms with Crippen LogP contribution in [0.4, 0.5) is 0 Å². The highest BCUT2D eigenvalue weighted by Gasteiger charge is 2.25. The van der Waals surface area contributed by atoms with E-state index in [0.717, 1.165) is 17.2 Å². The minimum absolute atomic E-state index is 0.0291. The smallest absolute Gasteiger partial charge is 0.257 e. The van der Waals surface area contributed by atoms with Gasteiger partial charge >= 0.3 is 0 Å². The summed E-state index contributed by atoms with van der Waals surface area (Å²) >= 11 is 1.71. The lowest BCUT2D eigenvalue weighted by molar-refractivity contribution is -0.123. The monoisotopic (exact) mass is 304 g/mol. The molecule has 21 heavy (non-hydrogen) atoms. The van der Waals surface area contributed by atoms with Crippen molar-refractivity contribution in [2.24, 2.45) is 0 Å². The first-order valence-corrected chi connectivity index (χ1v) is 7.90. The predicted molar refractivity (Wildman–Crippen MR) is 80.5 cm³/mol. The van der Waals surface area contributed by atoms with Crippen LogP contribution in [0.5, 0.6) is 0 Å². The molecule has 1 aromatic carbocycles. The summed E-state index contributed by atoms with van der Waals surface area (Å²) in [6, 6.07) is 9.13. The van der Waals surface area contributed by atoms with Crippen LogP contribution >= 0.6 is 11.8 Å². The SMILES string of the molecule is CC(NC(=O)[C@H]1CSCN1)c1noc(-c2ccccc2)n1. The van der Waals surface area contributed by atoms with Crippen molar-refractivity contribution in [3.63, 3.8) is 0 Å². The van der Waals surface area contributed by atoms with Crippen molar-refractivity contribution < 1.29 is 9.32 Å². The molecular weight excluding hydrogens is 288 g/mol. The minimum atomic E-state index is -0.286. The van der Waals surface area contributed by atoms with Gasteiger partial charge in [-0.05, 0) is 19.1 Å². The molecule has 2 atom stereocenters. The molecule has 1 unspecified atom stereocenters. The van der Waals surface area contributed by atoms with Crippen molar-refractivity contribution in [3.8, 4) is 11.5 Å². The summed E-state index contributed by atoms with van der Waals surface area (Å²) in [7, 11) is 0. The zero-order valence-electron chi connectivity index (χ0n) is 11.6. The van der Waals surface area contributed by atoms with Crippen LogP contribution in [0.1, 0.15) is 18.8 Å². The van der Waals surface area contributed by atoms with E-state index in [-0.39, 0.29) is 18.0 Å². The fraction of sp³-hybridized carbons (Fsp3) is 0.357. The van der Waals surface area contributed by atoms with E-state index in [0.29, 0.717) is 11.7 Å². The number of hydrogen-bond acceptors (Lipinski definition) is 6. The number of nitrogens with zero attached hydrogens (tertiary/aromatic N) is 2. The van der Waals surface area contributed by atoms with Crippen LogP contribution in [-0.4, -0.2) is 33.7 Å². The zero-order chi connectivity index (χ0) is 14.7. The number of aromatic nitrogens is 2. The quantitative estimate of drug-likeness (QED) is 0.892. The fourth-order valence-electron chi connectivity index (χ4n) is 2.05. The molecule has 6 nitrogen and oxygen atoms in total. The number of carbonyl (C=O) groups is 1. The number of hydrogen-bond donors (Lipinski definition) is 2. The third-order valence-corrected chi connectivity index (χ3v) is 4.18. The van der Waals surface area contributed by atoms with E-state index in [1.54, 1.807) is 11.8 Å². The standard InChI is InChI=1S/C14H16N4O2S/c1-9(16-13(19)11-7-21-8-15-11)12-17-14(20-18-12)10-5-3-2-4-6-10/h2-6,9,11,15H,7-8H2,1H3,(H,16,19)/t9?,11-/m1/s1. The summed E-state index contributed by atoms with van der Waals surface area (Å²) in [4.78, 5) is 16.4. The van der Waals surface area contributed by atoms with Crippen LogP contribution in [-0.2, 0) is 4.79 Å². The molecule has 1 aliphatic heterocycles. The maximum Gasteiger partial charge on any atom is 0.257 e. The Balaban J connectivity index is 1.66. The number of nitrogens with one attached hydrogen (secondary N) is 2. The second-order valence-corrected chi connectivity index (χ2v) is 5.86. The first kappa shape index (κ1) is 14.1. The van der Waals surface area contributed by atoms with Crippen molar-refractivity contribution in [2.45, 2.75) is 19.0 Å². The van der Waals surface area contributed by atoms with Gasteiger partial charge in [0.1, 0.15) is 0 Å². The van der Waals surface area contributed by atoms with E-state index in [9.17, 15) is 4.79 Å². The highest BCUT2D eigenvalue weighted by atomic mass is 32.2. The molecule has 0 aliphatic carbocycles. The Labute approximate surface area is 126 Å². The summed E-state index contributed by atoms with van der Waals surface area (Å²) in [5, 5.41) is 9.98. The summed E-state index contributed by atoms with van der Waals surface area (Å²) in [5.74, 6) is 2.51. The molecule has 1 fully saturated rings. The number of carbonyl (C=O) groups excluding carboxylic acids is 1. The highest BCUT2D eigenvalue weighted by Crippen LogP contribution is 2.19. The Kier molecular flexibility index (Phi) is 4.21. The second kappa shape index (κ2) is 6.28. The van der Waals surface area contributed by atoms with Crippen molar-refractivity contribution in [3.05, 3.63) is 36.2 Å². The lowest BCUT2D eigenvalue weighted by atomic mass is 10.2. The Bertz CT molecular complexity index is 610. The van der Waals surface area contributed by atoms with Crippen molar-refractivity contribution in [1.29, 1.82) is 0 Å². The average Bonchev–Trinajstić information content (AvgIpc) is 3.20. The summed E-state index contributed by atoms with van der Waals surface area (Å²) < 4.78 is 5.25. The Hall–Kier alpha value is -1.86. The van der Waals surface area contributed by atoms with Gasteiger partial charge in [0, 0.05) is 17.2 Å². The molecule has 2 aromatic rings. The normalized spacial score (nSPS) is 19.4. The predicted octanol–water partition coefficient (Wildman–Crippen LogP) is 1.58. The van der Waals surface area contributed by atoms with Crippen molar-refractivity contribution in [2.75, 3.05) is 11.6 Å². The number of benzene rings is 1. The van der Waals surface area contributed by atoms with Gasteiger partial charge in [-0.2, -0.15) is 4.98 Å². The largest absolute Gasteiger partial charge is 0.345 e. The average molecular weight is 304 g/mol. The van der Waals surface area contributed by atoms with Crippen LogP contribution in [0.15, 0.2) is 34.9 Å². The Morgan fingerprint density at radius 1 is 1.48 bits per heavy atom. The number of rotatable bonds is 4. The molecule has 0 radical (unpaired) electrons. The number of amides is 1. The first-order valence-electron chi connectivity index (χ1n) is 6.74. The van der Waals surface area contributed by atoms with Crippen LogP contribution in [0.2, 0.25) is 0 Å². The van der Waals surface area contributed by atoms with Gasteiger partial charge in [-0.15, -0.1) is 11.8 Å². The first-order chi connectivity index (χ1) is 10.2. The molecule has 1 aliphatic rings. The van der Waals surface area contributed by atoms with E-state index >= 15 is 0 Å².